The minimum absolute atomic E-state index is 0.194. The quantitative estimate of drug-likeness (QED) is 0.164. The fraction of sp³-hybridized carbons (Fsp3) is 0.156. The molecule has 40 heavy (non-hydrogen) atoms. The smallest absolute Gasteiger partial charge is 0.338 e. The van der Waals surface area contributed by atoms with Crippen molar-refractivity contribution in [3.8, 4) is 0 Å². The number of anilines is 1. The van der Waals surface area contributed by atoms with E-state index in [-0.39, 0.29) is 17.7 Å². The van der Waals surface area contributed by atoms with Crippen LogP contribution in [0, 0.1) is 17.7 Å². The zero-order valence-electron chi connectivity index (χ0n) is 20.8. The molecule has 3 aliphatic carbocycles. The Bertz CT molecular complexity index is 1620. The number of benzene rings is 4. The first-order valence-corrected chi connectivity index (χ1v) is 13.5. The number of alkyl halides is 2. The van der Waals surface area contributed by atoms with Gasteiger partial charge in [-0.2, -0.15) is 0 Å². The molecule has 0 N–H and O–H groups in total. The molecule has 1 saturated heterocycles. The number of esters is 1. The summed E-state index contributed by atoms with van der Waals surface area (Å²) in [5.74, 6) is -3.87. The fourth-order valence-corrected chi connectivity index (χ4v) is 7.61. The zero-order chi connectivity index (χ0) is 27.8. The van der Waals surface area contributed by atoms with Crippen molar-refractivity contribution >= 4 is 46.7 Å². The number of carbonyl (C=O) groups is 3. The normalized spacial score (nSPS) is 25.8. The summed E-state index contributed by atoms with van der Waals surface area (Å²) in [6.45, 7) is -0.226. The molecule has 0 unspecified atom stereocenters. The van der Waals surface area contributed by atoms with Crippen molar-refractivity contribution in [1.82, 2.24) is 0 Å². The first kappa shape index (κ1) is 25.0. The monoisotopic (exact) mass is 571 g/mol. The molecule has 0 spiro atoms. The average Bonchev–Trinajstić information content (AvgIpc) is 3.26. The summed E-state index contributed by atoms with van der Waals surface area (Å²) in [6, 6.07) is 26.9. The van der Waals surface area contributed by atoms with Gasteiger partial charge in [-0.25, -0.2) is 14.1 Å². The van der Waals surface area contributed by atoms with Crippen molar-refractivity contribution in [2.75, 3.05) is 4.90 Å². The van der Waals surface area contributed by atoms with Crippen molar-refractivity contribution in [3.63, 3.8) is 0 Å². The van der Waals surface area contributed by atoms with Crippen LogP contribution in [0.2, 0.25) is 0 Å². The number of halogens is 3. The molecule has 1 heterocycles. The highest BCUT2D eigenvalue weighted by molar-refractivity contribution is 6.38. The second kappa shape index (κ2) is 8.75. The predicted octanol–water partition coefficient (Wildman–Crippen LogP) is 6.28. The van der Waals surface area contributed by atoms with Gasteiger partial charge < -0.3 is 4.74 Å². The third kappa shape index (κ3) is 3.17. The van der Waals surface area contributed by atoms with Gasteiger partial charge in [0.1, 0.15) is 22.2 Å². The maximum atomic E-state index is 14.1. The van der Waals surface area contributed by atoms with Gasteiger partial charge in [-0.1, -0.05) is 66.7 Å². The molecular weight excluding hydrogens is 552 g/mol. The van der Waals surface area contributed by atoms with Gasteiger partial charge in [0.2, 0.25) is 11.8 Å². The summed E-state index contributed by atoms with van der Waals surface area (Å²) in [6.07, 6.45) is 0. The van der Waals surface area contributed by atoms with E-state index in [4.69, 9.17) is 27.9 Å². The summed E-state index contributed by atoms with van der Waals surface area (Å²) < 4.78 is 19.1. The van der Waals surface area contributed by atoms with Crippen LogP contribution in [0.25, 0.3) is 0 Å². The van der Waals surface area contributed by atoms with E-state index in [2.05, 4.69) is 0 Å². The molecular formula is C32H20Cl2FNO4. The number of amides is 2. The van der Waals surface area contributed by atoms with Crippen LogP contribution < -0.4 is 4.90 Å². The molecule has 198 valence electrons. The molecule has 1 aliphatic heterocycles. The number of carbonyl (C=O) groups excluding carboxylic acids is 3. The lowest BCUT2D eigenvalue weighted by Gasteiger charge is -2.54. The van der Waals surface area contributed by atoms with E-state index >= 15 is 0 Å². The molecule has 4 aromatic rings. The topological polar surface area (TPSA) is 63.7 Å². The lowest BCUT2D eigenvalue weighted by Crippen LogP contribution is -2.57. The van der Waals surface area contributed by atoms with Gasteiger partial charge >= 0.3 is 5.97 Å². The average molecular weight is 572 g/mol. The van der Waals surface area contributed by atoms with E-state index in [0.29, 0.717) is 5.69 Å². The van der Waals surface area contributed by atoms with Crippen LogP contribution in [0.4, 0.5) is 10.1 Å². The third-order valence-corrected chi connectivity index (χ3v) is 9.55. The van der Waals surface area contributed by atoms with Gasteiger partial charge in [0.15, 0.2) is 0 Å². The van der Waals surface area contributed by atoms with Crippen molar-refractivity contribution in [3.05, 3.63) is 136 Å². The van der Waals surface area contributed by atoms with Gasteiger partial charge in [0.05, 0.1) is 23.1 Å². The van der Waals surface area contributed by atoms with Crippen LogP contribution in [0.5, 0.6) is 0 Å². The van der Waals surface area contributed by atoms with Crippen LogP contribution in [0.1, 0.15) is 38.2 Å². The highest BCUT2D eigenvalue weighted by atomic mass is 35.5. The van der Waals surface area contributed by atoms with Crippen molar-refractivity contribution in [2.45, 2.75) is 16.4 Å². The van der Waals surface area contributed by atoms with Gasteiger partial charge in [0, 0.05) is 5.56 Å². The molecule has 2 atom stereocenters. The summed E-state index contributed by atoms with van der Waals surface area (Å²) in [7, 11) is 0. The van der Waals surface area contributed by atoms with Crippen LogP contribution >= 0.6 is 23.2 Å². The van der Waals surface area contributed by atoms with Crippen molar-refractivity contribution in [1.29, 1.82) is 0 Å². The molecule has 8 rings (SSSR count). The molecule has 4 aromatic carbocycles. The number of nitrogens with zero attached hydrogens (tertiary/aromatic N) is 1. The highest BCUT2D eigenvalue weighted by Crippen LogP contribution is 2.69. The summed E-state index contributed by atoms with van der Waals surface area (Å²) in [5.41, 5.74) is 3.64. The van der Waals surface area contributed by atoms with Gasteiger partial charge in [-0.3, -0.25) is 9.59 Å². The second-order valence-electron chi connectivity index (χ2n) is 10.2. The van der Waals surface area contributed by atoms with E-state index in [0.717, 1.165) is 27.2 Å². The van der Waals surface area contributed by atoms with Crippen molar-refractivity contribution in [2.24, 2.45) is 11.8 Å². The molecule has 8 heteroatoms. The van der Waals surface area contributed by atoms with E-state index in [1.807, 2.05) is 48.5 Å². The largest absolute Gasteiger partial charge is 0.457 e. The lowest BCUT2D eigenvalue weighted by molar-refractivity contribution is -0.122. The predicted molar refractivity (Wildman–Crippen MR) is 148 cm³/mol. The molecule has 1 fully saturated rings. The van der Waals surface area contributed by atoms with Crippen LogP contribution in [-0.4, -0.2) is 17.8 Å². The third-order valence-electron chi connectivity index (χ3n) is 8.26. The standard InChI is InChI=1S/C32H20Cl2FNO4/c33-31-21-8-2-3-9-22(21)32(34,24-11-5-4-10-23(24)31)27-26(31)28(37)36(29(27)38)20-15-13-18(14-16-20)30(39)40-17-19-7-1-6-12-25(19)35/h1-16,26-27H,17H2/t26-,27-,31?,32?/m1/s1. The molecule has 5 nitrogen and oxygen atoms in total. The van der Waals surface area contributed by atoms with E-state index in [9.17, 15) is 18.8 Å². The number of hydrogen-bond donors (Lipinski definition) is 0. The number of hydrogen-bond acceptors (Lipinski definition) is 4. The molecule has 2 bridgehead atoms. The van der Waals surface area contributed by atoms with Gasteiger partial charge in [0.25, 0.3) is 0 Å². The SMILES string of the molecule is O=C(OCc1ccccc1F)c1ccc(N2C(=O)[C@H]3[C@H](C2=O)C2(Cl)c4ccccc4C3(Cl)c3ccccc32)cc1. The summed E-state index contributed by atoms with van der Waals surface area (Å²) in [4.78, 5) is 39.3. The highest BCUT2D eigenvalue weighted by Gasteiger charge is 2.73. The molecule has 0 radical (unpaired) electrons. The minimum Gasteiger partial charge on any atom is -0.457 e. The van der Waals surface area contributed by atoms with Gasteiger partial charge in [-0.15, -0.1) is 23.2 Å². The number of ether oxygens (including phenoxy) is 1. The lowest BCUT2D eigenvalue weighted by atomic mass is 9.54. The Labute approximate surface area is 239 Å². The van der Waals surface area contributed by atoms with Crippen LogP contribution in [-0.2, 0) is 30.7 Å². The van der Waals surface area contributed by atoms with Gasteiger partial charge in [-0.05, 0) is 52.6 Å². The summed E-state index contributed by atoms with van der Waals surface area (Å²) >= 11 is 14.9. The molecule has 2 amide bonds. The minimum atomic E-state index is -1.27. The van der Waals surface area contributed by atoms with E-state index in [1.54, 1.807) is 12.1 Å². The van der Waals surface area contributed by atoms with Crippen LogP contribution in [0.15, 0.2) is 97.1 Å². The summed E-state index contributed by atoms with van der Waals surface area (Å²) in [5, 5.41) is 0. The first-order chi connectivity index (χ1) is 19.3. The molecule has 4 aliphatic rings. The fourth-order valence-electron chi connectivity index (χ4n) is 6.51. The molecule has 0 saturated carbocycles. The first-order valence-electron chi connectivity index (χ1n) is 12.7. The zero-order valence-corrected chi connectivity index (χ0v) is 22.3. The Hall–Kier alpha value is -4.00. The number of imide groups is 1. The number of rotatable bonds is 4. The molecule has 0 aromatic heterocycles. The Kier molecular flexibility index (Phi) is 5.47. The maximum absolute atomic E-state index is 14.1. The Balaban J connectivity index is 1.23. The van der Waals surface area contributed by atoms with Crippen LogP contribution in [0.3, 0.4) is 0 Å². The maximum Gasteiger partial charge on any atom is 0.338 e. The Morgan fingerprint density at radius 1 is 0.725 bits per heavy atom. The van der Waals surface area contributed by atoms with Crippen molar-refractivity contribution < 1.29 is 23.5 Å². The Morgan fingerprint density at radius 2 is 1.18 bits per heavy atom. The van der Waals surface area contributed by atoms with E-state index in [1.165, 1.54) is 36.4 Å². The second-order valence-corrected chi connectivity index (χ2v) is 11.4. The van der Waals surface area contributed by atoms with E-state index < -0.39 is 45.2 Å². The Morgan fingerprint density at radius 3 is 1.65 bits per heavy atom.